The Morgan fingerprint density at radius 1 is 0.917 bits per heavy atom. The molecule has 7 heteroatoms. The Hall–Kier alpha value is -2.54. The fraction of sp³-hybridized carbons (Fsp3) is 0.176. The Morgan fingerprint density at radius 3 is 1.83 bits per heavy atom. The molecule has 0 saturated carbocycles. The molecule has 24 heavy (non-hydrogen) atoms. The third-order valence-corrected chi connectivity index (χ3v) is 3.90. The molecule has 5 nitrogen and oxygen atoms in total. The van der Waals surface area contributed by atoms with Gasteiger partial charge in [-0.25, -0.2) is 4.39 Å². The first kappa shape index (κ1) is 17.8. The van der Waals surface area contributed by atoms with Crippen molar-refractivity contribution in [3.63, 3.8) is 0 Å². The lowest BCUT2D eigenvalue weighted by molar-refractivity contribution is -0.114. The van der Waals surface area contributed by atoms with Crippen molar-refractivity contribution in [3.8, 4) is 5.75 Å². The van der Waals surface area contributed by atoms with Crippen molar-refractivity contribution in [3.05, 3.63) is 54.3 Å². The van der Waals surface area contributed by atoms with E-state index in [1.165, 1.54) is 36.0 Å². The van der Waals surface area contributed by atoms with Gasteiger partial charge in [-0.3, -0.25) is 9.59 Å². The third kappa shape index (κ3) is 5.92. The topological polar surface area (TPSA) is 67.4 Å². The van der Waals surface area contributed by atoms with Crippen LogP contribution in [0.15, 0.2) is 48.5 Å². The minimum Gasteiger partial charge on any atom is -0.497 e. The number of hydrogen-bond donors (Lipinski definition) is 2. The number of carbonyl (C=O) groups excluding carboxylic acids is 2. The summed E-state index contributed by atoms with van der Waals surface area (Å²) in [5.74, 6) is 0.192. The number of ether oxygens (including phenoxy) is 1. The van der Waals surface area contributed by atoms with E-state index in [9.17, 15) is 14.0 Å². The number of halogens is 1. The maximum atomic E-state index is 12.8. The number of methoxy groups -OCH3 is 1. The van der Waals surface area contributed by atoms with E-state index in [-0.39, 0.29) is 29.1 Å². The van der Waals surface area contributed by atoms with E-state index in [1.54, 1.807) is 31.4 Å². The standard InChI is InChI=1S/C17H17FN2O3S/c1-23-15-8-6-14(7-9-15)20-17(22)11-24-10-16(21)19-13-4-2-12(18)3-5-13/h2-9H,10-11H2,1H3,(H,19,21)(H,20,22). The molecule has 0 radical (unpaired) electrons. The number of carbonyl (C=O) groups is 2. The van der Waals surface area contributed by atoms with E-state index in [0.717, 1.165) is 0 Å². The molecule has 0 aliphatic heterocycles. The minimum atomic E-state index is -0.363. The van der Waals surface area contributed by atoms with Crippen LogP contribution in [0.4, 0.5) is 15.8 Å². The zero-order valence-corrected chi connectivity index (χ0v) is 13.9. The molecule has 0 heterocycles. The maximum Gasteiger partial charge on any atom is 0.234 e. The van der Waals surface area contributed by atoms with Crippen LogP contribution in [0.1, 0.15) is 0 Å². The first-order valence-corrected chi connectivity index (χ1v) is 8.29. The molecule has 0 fully saturated rings. The van der Waals surface area contributed by atoms with Crippen molar-refractivity contribution < 1.29 is 18.7 Å². The molecule has 126 valence electrons. The van der Waals surface area contributed by atoms with Gasteiger partial charge in [0.1, 0.15) is 11.6 Å². The zero-order chi connectivity index (χ0) is 17.4. The van der Waals surface area contributed by atoms with Crippen LogP contribution in [0.2, 0.25) is 0 Å². The quantitative estimate of drug-likeness (QED) is 0.807. The van der Waals surface area contributed by atoms with Gasteiger partial charge in [0.2, 0.25) is 11.8 Å². The van der Waals surface area contributed by atoms with Crippen molar-refractivity contribution in [2.45, 2.75) is 0 Å². The first-order chi connectivity index (χ1) is 11.6. The zero-order valence-electron chi connectivity index (χ0n) is 13.0. The summed E-state index contributed by atoms with van der Waals surface area (Å²) in [6, 6.07) is 12.5. The smallest absolute Gasteiger partial charge is 0.234 e. The highest BCUT2D eigenvalue weighted by Gasteiger charge is 2.07. The van der Waals surface area contributed by atoms with Crippen molar-refractivity contribution in [1.82, 2.24) is 0 Å². The second-order valence-corrected chi connectivity index (χ2v) is 5.81. The third-order valence-electron chi connectivity index (χ3n) is 2.97. The molecule has 0 bridgehead atoms. The van der Waals surface area contributed by atoms with Gasteiger partial charge in [-0.1, -0.05) is 0 Å². The Labute approximate surface area is 143 Å². The minimum absolute atomic E-state index is 0.132. The number of nitrogens with one attached hydrogen (secondary N) is 2. The number of hydrogen-bond acceptors (Lipinski definition) is 4. The lowest BCUT2D eigenvalue weighted by Gasteiger charge is -2.07. The molecular formula is C17H17FN2O3S. The van der Waals surface area contributed by atoms with Gasteiger partial charge < -0.3 is 15.4 Å². The number of benzene rings is 2. The molecular weight excluding hydrogens is 331 g/mol. The van der Waals surface area contributed by atoms with Gasteiger partial charge in [-0.15, -0.1) is 11.8 Å². The highest BCUT2D eigenvalue weighted by atomic mass is 32.2. The van der Waals surface area contributed by atoms with Gasteiger partial charge in [0.15, 0.2) is 0 Å². The van der Waals surface area contributed by atoms with Crippen molar-refractivity contribution in [2.24, 2.45) is 0 Å². The number of rotatable bonds is 7. The van der Waals surface area contributed by atoms with E-state index < -0.39 is 0 Å². The fourth-order valence-electron chi connectivity index (χ4n) is 1.84. The molecule has 2 aromatic rings. The summed E-state index contributed by atoms with van der Waals surface area (Å²) < 4.78 is 17.8. The Morgan fingerprint density at radius 2 is 1.38 bits per heavy atom. The summed E-state index contributed by atoms with van der Waals surface area (Å²) in [5, 5.41) is 5.37. The maximum absolute atomic E-state index is 12.8. The molecule has 0 aromatic heterocycles. The molecule has 0 spiro atoms. The summed E-state index contributed by atoms with van der Waals surface area (Å²) in [7, 11) is 1.57. The normalized spacial score (nSPS) is 10.1. The monoisotopic (exact) mass is 348 g/mol. The molecule has 2 amide bonds. The predicted octanol–water partition coefficient (Wildman–Crippen LogP) is 3.14. The molecule has 0 aliphatic rings. The van der Waals surface area contributed by atoms with Crippen LogP contribution < -0.4 is 15.4 Å². The fourth-order valence-corrected chi connectivity index (χ4v) is 2.46. The Balaban J connectivity index is 1.69. The summed E-state index contributed by atoms with van der Waals surface area (Å²) in [6.45, 7) is 0. The van der Waals surface area contributed by atoms with Crippen LogP contribution in [-0.2, 0) is 9.59 Å². The van der Waals surface area contributed by atoms with E-state index in [0.29, 0.717) is 17.1 Å². The molecule has 2 rings (SSSR count). The highest BCUT2D eigenvalue weighted by Crippen LogP contribution is 2.15. The lowest BCUT2D eigenvalue weighted by atomic mass is 10.3. The largest absolute Gasteiger partial charge is 0.497 e. The van der Waals surface area contributed by atoms with E-state index in [1.807, 2.05) is 0 Å². The summed E-state index contributed by atoms with van der Waals surface area (Å²) >= 11 is 1.20. The number of anilines is 2. The number of thioether (sulfide) groups is 1. The second kappa shape index (κ2) is 8.93. The molecule has 0 saturated heterocycles. The van der Waals surface area contributed by atoms with Crippen LogP contribution in [-0.4, -0.2) is 30.4 Å². The summed E-state index contributed by atoms with van der Waals surface area (Å²) in [5.41, 5.74) is 1.18. The predicted molar refractivity (Wildman–Crippen MR) is 94.0 cm³/mol. The van der Waals surface area contributed by atoms with E-state index in [4.69, 9.17) is 4.74 Å². The van der Waals surface area contributed by atoms with Gasteiger partial charge >= 0.3 is 0 Å². The molecule has 0 unspecified atom stereocenters. The van der Waals surface area contributed by atoms with Crippen LogP contribution in [0, 0.1) is 5.82 Å². The van der Waals surface area contributed by atoms with Crippen molar-refractivity contribution in [1.29, 1.82) is 0 Å². The molecule has 0 atom stereocenters. The molecule has 2 N–H and O–H groups in total. The van der Waals surface area contributed by atoms with Crippen LogP contribution in [0.5, 0.6) is 5.75 Å². The van der Waals surface area contributed by atoms with E-state index in [2.05, 4.69) is 10.6 Å². The van der Waals surface area contributed by atoms with Gasteiger partial charge in [0, 0.05) is 11.4 Å². The van der Waals surface area contributed by atoms with Gasteiger partial charge in [0.05, 0.1) is 18.6 Å². The molecule has 0 aliphatic carbocycles. The van der Waals surface area contributed by atoms with Gasteiger partial charge in [-0.2, -0.15) is 0 Å². The Kier molecular flexibility index (Phi) is 6.62. The average molecular weight is 348 g/mol. The summed E-state index contributed by atoms with van der Waals surface area (Å²) in [6.07, 6.45) is 0. The Bertz CT molecular complexity index is 690. The first-order valence-electron chi connectivity index (χ1n) is 7.14. The summed E-state index contributed by atoms with van der Waals surface area (Å²) in [4.78, 5) is 23.5. The van der Waals surface area contributed by atoms with Crippen molar-refractivity contribution in [2.75, 3.05) is 29.2 Å². The van der Waals surface area contributed by atoms with E-state index >= 15 is 0 Å². The highest BCUT2D eigenvalue weighted by molar-refractivity contribution is 8.00. The second-order valence-electron chi connectivity index (χ2n) is 4.82. The SMILES string of the molecule is COc1ccc(NC(=O)CSCC(=O)Nc2ccc(F)cc2)cc1. The van der Waals surface area contributed by atoms with Crippen LogP contribution in [0.3, 0.4) is 0 Å². The van der Waals surface area contributed by atoms with Gasteiger partial charge in [-0.05, 0) is 48.5 Å². The molecule has 2 aromatic carbocycles. The van der Waals surface area contributed by atoms with Gasteiger partial charge in [0.25, 0.3) is 0 Å². The lowest BCUT2D eigenvalue weighted by Crippen LogP contribution is -2.18. The van der Waals surface area contributed by atoms with Crippen LogP contribution >= 0.6 is 11.8 Å². The van der Waals surface area contributed by atoms with Crippen LogP contribution in [0.25, 0.3) is 0 Å². The number of amides is 2. The average Bonchev–Trinajstić information content (AvgIpc) is 2.57. The van der Waals surface area contributed by atoms with Crippen molar-refractivity contribution >= 4 is 35.0 Å².